The average Bonchev–Trinajstić information content (AvgIpc) is 2.47. The molecule has 0 spiro atoms. The van der Waals surface area contributed by atoms with Crippen LogP contribution in [-0.2, 0) is 0 Å². The van der Waals surface area contributed by atoms with Crippen LogP contribution in [0.5, 0.6) is 0 Å². The fourth-order valence-electron chi connectivity index (χ4n) is 0.786. The molecule has 0 aromatic carbocycles. The van der Waals surface area contributed by atoms with Crippen LogP contribution in [0.3, 0.4) is 0 Å². The molecular formula is C7H11N. The van der Waals surface area contributed by atoms with Crippen molar-refractivity contribution in [3.63, 3.8) is 0 Å². The summed E-state index contributed by atoms with van der Waals surface area (Å²) in [5.41, 5.74) is 0.398. The number of hydrogen-bond donors (Lipinski definition) is 0. The van der Waals surface area contributed by atoms with Crippen LogP contribution >= 0.6 is 0 Å². The van der Waals surface area contributed by atoms with Crippen molar-refractivity contribution >= 4 is 0 Å². The Hall–Kier alpha value is -0.510. The molecule has 0 amide bonds. The SMILES string of the molecule is CC(C#N)C1(C)CC1. The average molecular weight is 109 g/mol. The highest BCUT2D eigenvalue weighted by molar-refractivity contribution is 5.01. The topological polar surface area (TPSA) is 23.8 Å². The molecule has 1 heteroatoms. The summed E-state index contributed by atoms with van der Waals surface area (Å²) >= 11 is 0. The summed E-state index contributed by atoms with van der Waals surface area (Å²) in [6.07, 6.45) is 2.50. The summed E-state index contributed by atoms with van der Waals surface area (Å²) in [5.74, 6) is 0.266. The Labute approximate surface area is 50.3 Å². The van der Waals surface area contributed by atoms with Gasteiger partial charge in [-0.05, 0) is 25.2 Å². The fourth-order valence-corrected chi connectivity index (χ4v) is 0.786. The van der Waals surface area contributed by atoms with Gasteiger partial charge < -0.3 is 0 Å². The van der Waals surface area contributed by atoms with Gasteiger partial charge in [-0.2, -0.15) is 5.26 Å². The Bertz CT molecular complexity index is 128. The van der Waals surface area contributed by atoms with Gasteiger partial charge in [0, 0.05) is 5.92 Å². The Morgan fingerprint density at radius 1 is 1.62 bits per heavy atom. The standard InChI is InChI=1S/C7H11N/c1-6(5-8)7(2)3-4-7/h6H,3-4H2,1-2H3. The number of rotatable bonds is 1. The molecule has 1 rings (SSSR count). The Balaban J connectivity index is 2.49. The van der Waals surface area contributed by atoms with Crippen LogP contribution in [0.15, 0.2) is 0 Å². The van der Waals surface area contributed by atoms with E-state index in [1.54, 1.807) is 0 Å². The fraction of sp³-hybridized carbons (Fsp3) is 0.857. The monoisotopic (exact) mass is 109 g/mol. The third-order valence-electron chi connectivity index (χ3n) is 2.28. The molecule has 1 aliphatic carbocycles. The van der Waals surface area contributed by atoms with Crippen molar-refractivity contribution in [2.24, 2.45) is 11.3 Å². The van der Waals surface area contributed by atoms with Crippen LogP contribution in [0, 0.1) is 22.7 Å². The second-order valence-electron chi connectivity index (χ2n) is 3.00. The van der Waals surface area contributed by atoms with Crippen LogP contribution in [0.4, 0.5) is 0 Å². The van der Waals surface area contributed by atoms with Crippen LogP contribution in [0.25, 0.3) is 0 Å². The molecule has 8 heavy (non-hydrogen) atoms. The summed E-state index contributed by atoms with van der Waals surface area (Å²) in [6.45, 7) is 4.19. The molecule has 44 valence electrons. The van der Waals surface area contributed by atoms with Gasteiger partial charge in [0.05, 0.1) is 6.07 Å². The molecule has 1 saturated carbocycles. The molecule has 1 fully saturated rings. The lowest BCUT2D eigenvalue weighted by Crippen LogP contribution is -2.04. The van der Waals surface area contributed by atoms with E-state index in [1.165, 1.54) is 12.8 Å². The first-order chi connectivity index (χ1) is 3.69. The quantitative estimate of drug-likeness (QED) is 0.505. The molecule has 0 heterocycles. The van der Waals surface area contributed by atoms with Crippen molar-refractivity contribution in [3.8, 4) is 6.07 Å². The van der Waals surface area contributed by atoms with E-state index in [2.05, 4.69) is 13.0 Å². The lowest BCUT2D eigenvalue weighted by Gasteiger charge is -2.07. The summed E-state index contributed by atoms with van der Waals surface area (Å²) < 4.78 is 0. The van der Waals surface area contributed by atoms with E-state index in [-0.39, 0.29) is 5.92 Å². The minimum atomic E-state index is 0.266. The maximum atomic E-state index is 8.46. The molecule has 0 radical (unpaired) electrons. The van der Waals surface area contributed by atoms with Gasteiger partial charge in [0.2, 0.25) is 0 Å². The van der Waals surface area contributed by atoms with Gasteiger partial charge in [-0.1, -0.05) is 6.92 Å². The highest BCUT2D eigenvalue weighted by Crippen LogP contribution is 2.50. The van der Waals surface area contributed by atoms with Gasteiger partial charge in [-0.15, -0.1) is 0 Å². The summed E-state index contributed by atoms with van der Waals surface area (Å²) in [5, 5.41) is 8.46. The molecule has 1 aliphatic rings. The second-order valence-corrected chi connectivity index (χ2v) is 3.00. The highest BCUT2D eigenvalue weighted by Gasteiger charge is 2.42. The third-order valence-corrected chi connectivity index (χ3v) is 2.28. The Kier molecular flexibility index (Phi) is 1.04. The molecule has 1 atom stereocenters. The number of nitrogens with zero attached hydrogens (tertiary/aromatic N) is 1. The minimum Gasteiger partial charge on any atom is -0.198 e. The minimum absolute atomic E-state index is 0.266. The zero-order valence-electron chi connectivity index (χ0n) is 5.44. The number of nitriles is 1. The lowest BCUT2D eigenvalue weighted by atomic mass is 9.95. The summed E-state index contributed by atoms with van der Waals surface area (Å²) in [7, 11) is 0. The van der Waals surface area contributed by atoms with Gasteiger partial charge in [0.25, 0.3) is 0 Å². The van der Waals surface area contributed by atoms with Crippen LogP contribution < -0.4 is 0 Å². The first-order valence-corrected chi connectivity index (χ1v) is 3.09. The van der Waals surface area contributed by atoms with Gasteiger partial charge >= 0.3 is 0 Å². The Morgan fingerprint density at radius 2 is 2.12 bits per heavy atom. The van der Waals surface area contributed by atoms with Crippen LogP contribution in [-0.4, -0.2) is 0 Å². The van der Waals surface area contributed by atoms with Crippen molar-refractivity contribution in [3.05, 3.63) is 0 Å². The van der Waals surface area contributed by atoms with Crippen LogP contribution in [0.1, 0.15) is 26.7 Å². The third kappa shape index (κ3) is 0.709. The van der Waals surface area contributed by atoms with E-state index in [4.69, 9.17) is 5.26 Å². The normalized spacial score (nSPS) is 26.1. The predicted molar refractivity (Wildman–Crippen MR) is 32.1 cm³/mol. The molecule has 0 aromatic rings. The van der Waals surface area contributed by atoms with Crippen molar-refractivity contribution < 1.29 is 0 Å². The van der Waals surface area contributed by atoms with Gasteiger partial charge in [-0.25, -0.2) is 0 Å². The molecular weight excluding hydrogens is 98.1 g/mol. The van der Waals surface area contributed by atoms with Crippen molar-refractivity contribution in [1.29, 1.82) is 5.26 Å². The second kappa shape index (κ2) is 1.48. The maximum absolute atomic E-state index is 8.46. The van der Waals surface area contributed by atoms with E-state index in [9.17, 15) is 0 Å². The van der Waals surface area contributed by atoms with Crippen molar-refractivity contribution in [1.82, 2.24) is 0 Å². The lowest BCUT2D eigenvalue weighted by molar-refractivity contribution is 0.449. The van der Waals surface area contributed by atoms with Crippen molar-refractivity contribution in [2.45, 2.75) is 26.7 Å². The van der Waals surface area contributed by atoms with E-state index >= 15 is 0 Å². The highest BCUT2D eigenvalue weighted by atomic mass is 14.5. The first kappa shape index (κ1) is 5.62. The molecule has 1 nitrogen and oxygen atoms in total. The zero-order chi connectivity index (χ0) is 6.20. The smallest absolute Gasteiger partial charge is 0.0658 e. The van der Waals surface area contributed by atoms with Gasteiger partial charge in [0.15, 0.2) is 0 Å². The molecule has 0 bridgehead atoms. The maximum Gasteiger partial charge on any atom is 0.0658 e. The Morgan fingerprint density at radius 3 is 2.25 bits per heavy atom. The van der Waals surface area contributed by atoms with Gasteiger partial charge in [0.1, 0.15) is 0 Å². The molecule has 0 saturated heterocycles. The molecule has 0 aliphatic heterocycles. The largest absolute Gasteiger partial charge is 0.198 e. The van der Waals surface area contributed by atoms with Crippen molar-refractivity contribution in [2.75, 3.05) is 0 Å². The molecule has 0 N–H and O–H groups in total. The van der Waals surface area contributed by atoms with Crippen LogP contribution in [0.2, 0.25) is 0 Å². The van der Waals surface area contributed by atoms with E-state index in [0.29, 0.717) is 5.41 Å². The summed E-state index contributed by atoms with van der Waals surface area (Å²) in [4.78, 5) is 0. The van der Waals surface area contributed by atoms with E-state index in [1.807, 2.05) is 6.92 Å². The molecule has 0 aromatic heterocycles. The zero-order valence-corrected chi connectivity index (χ0v) is 5.44. The number of hydrogen-bond acceptors (Lipinski definition) is 1. The predicted octanol–water partition coefficient (Wildman–Crippen LogP) is 1.95. The van der Waals surface area contributed by atoms with Gasteiger partial charge in [-0.3, -0.25) is 0 Å². The van der Waals surface area contributed by atoms with E-state index in [0.717, 1.165) is 0 Å². The van der Waals surface area contributed by atoms with E-state index < -0.39 is 0 Å². The molecule has 1 unspecified atom stereocenters. The summed E-state index contributed by atoms with van der Waals surface area (Å²) in [6, 6.07) is 2.27. The first-order valence-electron chi connectivity index (χ1n) is 3.09.